The Labute approximate surface area is 195 Å². The fourth-order valence-corrected chi connectivity index (χ4v) is 2.58. The van der Waals surface area contributed by atoms with E-state index in [2.05, 4.69) is 20.5 Å². The molecule has 0 aliphatic heterocycles. The number of carbonyl (C=O) groups is 2. The number of aromatic hydroxyl groups is 1. The van der Waals surface area contributed by atoms with Crippen molar-refractivity contribution in [3.05, 3.63) is 90.9 Å². The summed E-state index contributed by atoms with van der Waals surface area (Å²) in [6.07, 6.45) is -0.589. The SMILES string of the molecule is O=C(O)C(F)(F)F.O=C(c1cnc(-n2cccn2)nc1O)N(Nc1ccccc1)c1ccccc1. The maximum Gasteiger partial charge on any atom is 0.490 e. The molecule has 35 heavy (non-hydrogen) atoms. The van der Waals surface area contributed by atoms with E-state index in [4.69, 9.17) is 9.90 Å². The second-order valence-electron chi connectivity index (χ2n) is 6.61. The first-order chi connectivity index (χ1) is 16.7. The van der Waals surface area contributed by atoms with Crippen molar-refractivity contribution < 1.29 is 33.0 Å². The molecule has 13 heteroatoms. The van der Waals surface area contributed by atoms with Gasteiger partial charge in [0.2, 0.25) is 5.88 Å². The number of aliphatic carboxylic acids is 1. The van der Waals surface area contributed by atoms with Gasteiger partial charge >= 0.3 is 12.1 Å². The summed E-state index contributed by atoms with van der Waals surface area (Å²) in [7, 11) is 0. The van der Waals surface area contributed by atoms with E-state index >= 15 is 0 Å². The predicted octanol–water partition coefficient (Wildman–Crippen LogP) is 3.68. The first-order valence-electron chi connectivity index (χ1n) is 9.74. The highest BCUT2D eigenvalue weighted by molar-refractivity contribution is 6.08. The Morgan fingerprint density at radius 3 is 2.09 bits per heavy atom. The number of carbonyl (C=O) groups excluding carboxylic acids is 1. The average Bonchev–Trinajstić information content (AvgIpc) is 3.38. The number of nitrogens with one attached hydrogen (secondary N) is 1. The highest BCUT2D eigenvalue weighted by atomic mass is 19.4. The molecule has 2 aromatic carbocycles. The molecule has 0 fully saturated rings. The number of carboxylic acid groups (broad SMARTS) is 1. The molecule has 0 unspecified atom stereocenters. The lowest BCUT2D eigenvalue weighted by Crippen LogP contribution is -2.36. The third-order valence-corrected chi connectivity index (χ3v) is 4.17. The molecule has 0 aliphatic rings. The van der Waals surface area contributed by atoms with Crippen LogP contribution in [0.1, 0.15) is 10.4 Å². The van der Waals surface area contributed by atoms with Crippen LogP contribution < -0.4 is 10.4 Å². The summed E-state index contributed by atoms with van der Waals surface area (Å²) in [6, 6.07) is 20.0. The Kier molecular flexibility index (Phi) is 7.61. The number of anilines is 2. The third kappa shape index (κ3) is 6.54. The van der Waals surface area contributed by atoms with Gasteiger partial charge in [-0.15, -0.1) is 0 Å². The van der Waals surface area contributed by atoms with Gasteiger partial charge in [-0.2, -0.15) is 23.3 Å². The Balaban J connectivity index is 0.000000429. The zero-order valence-electron chi connectivity index (χ0n) is 17.7. The summed E-state index contributed by atoms with van der Waals surface area (Å²) in [5.74, 6) is -3.52. The molecule has 3 N–H and O–H groups in total. The van der Waals surface area contributed by atoms with Crippen molar-refractivity contribution in [1.82, 2.24) is 19.7 Å². The van der Waals surface area contributed by atoms with Gasteiger partial charge in [-0.05, 0) is 30.3 Å². The summed E-state index contributed by atoms with van der Waals surface area (Å²) in [5, 5.41) is 22.8. The van der Waals surface area contributed by atoms with Crippen LogP contribution in [0.3, 0.4) is 0 Å². The van der Waals surface area contributed by atoms with Crippen LogP contribution in [0.15, 0.2) is 85.3 Å². The molecule has 0 saturated heterocycles. The van der Waals surface area contributed by atoms with Crippen LogP contribution in [0.2, 0.25) is 0 Å². The molecule has 4 aromatic rings. The summed E-state index contributed by atoms with van der Waals surface area (Å²) in [6.45, 7) is 0. The minimum absolute atomic E-state index is 0.0387. The van der Waals surface area contributed by atoms with E-state index < -0.39 is 23.9 Å². The molecule has 1 amide bonds. The Morgan fingerprint density at radius 2 is 1.57 bits per heavy atom. The number of halogens is 3. The van der Waals surface area contributed by atoms with Crippen LogP contribution in [-0.2, 0) is 4.79 Å². The average molecular weight is 486 g/mol. The van der Waals surface area contributed by atoms with Crippen LogP contribution in [0, 0.1) is 0 Å². The first kappa shape index (κ1) is 24.7. The molecule has 180 valence electrons. The van der Waals surface area contributed by atoms with Gasteiger partial charge in [0.05, 0.1) is 11.4 Å². The summed E-state index contributed by atoms with van der Waals surface area (Å²) >= 11 is 0. The third-order valence-electron chi connectivity index (χ3n) is 4.17. The Bertz CT molecular complexity index is 1270. The van der Waals surface area contributed by atoms with Crippen molar-refractivity contribution in [2.45, 2.75) is 6.18 Å². The number of alkyl halides is 3. The van der Waals surface area contributed by atoms with Gasteiger partial charge in [0.1, 0.15) is 5.56 Å². The molecule has 2 heterocycles. The van der Waals surface area contributed by atoms with Crippen molar-refractivity contribution in [2.24, 2.45) is 0 Å². The number of hydrazine groups is 1. The van der Waals surface area contributed by atoms with Crippen molar-refractivity contribution in [3.8, 4) is 11.8 Å². The second kappa shape index (κ2) is 10.8. The molecular formula is C22H17F3N6O4. The smallest absolute Gasteiger partial charge is 0.490 e. The molecule has 0 spiro atoms. The molecular weight excluding hydrogens is 469 g/mol. The van der Waals surface area contributed by atoms with Gasteiger partial charge in [-0.25, -0.2) is 19.5 Å². The van der Waals surface area contributed by atoms with Crippen molar-refractivity contribution >= 4 is 23.3 Å². The molecule has 0 aliphatic carbocycles. The van der Waals surface area contributed by atoms with Gasteiger partial charge in [0.15, 0.2) is 0 Å². The van der Waals surface area contributed by atoms with E-state index in [1.54, 1.807) is 30.6 Å². The lowest BCUT2D eigenvalue weighted by Gasteiger charge is -2.24. The van der Waals surface area contributed by atoms with Crippen molar-refractivity contribution in [2.75, 3.05) is 10.4 Å². The number of rotatable bonds is 5. The fourth-order valence-electron chi connectivity index (χ4n) is 2.58. The zero-order valence-corrected chi connectivity index (χ0v) is 17.7. The monoisotopic (exact) mass is 486 g/mol. The van der Waals surface area contributed by atoms with Crippen molar-refractivity contribution in [3.63, 3.8) is 0 Å². The van der Waals surface area contributed by atoms with Gasteiger partial charge in [-0.3, -0.25) is 10.2 Å². The highest BCUT2D eigenvalue weighted by Crippen LogP contribution is 2.22. The second-order valence-corrected chi connectivity index (χ2v) is 6.61. The van der Waals surface area contributed by atoms with E-state index in [1.165, 1.54) is 15.9 Å². The van der Waals surface area contributed by atoms with Gasteiger partial charge < -0.3 is 10.2 Å². The maximum absolute atomic E-state index is 13.2. The van der Waals surface area contributed by atoms with Gasteiger partial charge in [-0.1, -0.05) is 36.4 Å². The van der Waals surface area contributed by atoms with Crippen LogP contribution in [-0.4, -0.2) is 48.0 Å². The lowest BCUT2D eigenvalue weighted by molar-refractivity contribution is -0.192. The summed E-state index contributed by atoms with van der Waals surface area (Å²) in [4.78, 5) is 30.2. The molecule has 0 atom stereocenters. The molecule has 0 saturated carbocycles. The van der Waals surface area contributed by atoms with Gasteiger partial charge in [0, 0.05) is 18.6 Å². The van der Waals surface area contributed by atoms with Crippen LogP contribution in [0.5, 0.6) is 5.88 Å². The minimum Gasteiger partial charge on any atom is -0.493 e. The number of amides is 1. The molecule has 10 nitrogen and oxygen atoms in total. The number of para-hydroxylation sites is 2. The largest absolute Gasteiger partial charge is 0.493 e. The first-order valence-corrected chi connectivity index (χ1v) is 9.74. The van der Waals surface area contributed by atoms with E-state index in [-0.39, 0.29) is 11.5 Å². The predicted molar refractivity (Wildman–Crippen MR) is 118 cm³/mol. The van der Waals surface area contributed by atoms with E-state index in [0.29, 0.717) is 11.4 Å². The lowest BCUT2D eigenvalue weighted by atomic mass is 10.2. The number of nitrogens with zero attached hydrogens (tertiary/aromatic N) is 5. The normalized spacial score (nSPS) is 10.6. The number of aromatic nitrogens is 4. The van der Waals surface area contributed by atoms with E-state index in [9.17, 15) is 23.1 Å². The topological polar surface area (TPSA) is 133 Å². The van der Waals surface area contributed by atoms with Gasteiger partial charge in [0.25, 0.3) is 11.9 Å². The van der Waals surface area contributed by atoms with Crippen molar-refractivity contribution in [1.29, 1.82) is 0 Å². The molecule has 0 bridgehead atoms. The maximum atomic E-state index is 13.2. The molecule has 0 radical (unpaired) electrons. The highest BCUT2D eigenvalue weighted by Gasteiger charge is 2.38. The zero-order chi connectivity index (χ0) is 25.4. The van der Waals surface area contributed by atoms with Crippen LogP contribution >= 0.6 is 0 Å². The van der Waals surface area contributed by atoms with Crippen LogP contribution in [0.4, 0.5) is 24.5 Å². The summed E-state index contributed by atoms with van der Waals surface area (Å²) < 4.78 is 33.1. The quantitative estimate of drug-likeness (QED) is 0.364. The standard InChI is InChI=1S/C20H16N6O2.C2HF3O2/c27-18-17(14-21-20(23-18)25-13-7-12-22-25)19(28)26(16-10-5-2-6-11-16)24-15-8-3-1-4-9-15;3-2(4,5)1(6)7/h1-14,24H,(H,21,23,27);(H,6,7). The number of benzene rings is 2. The van der Waals surface area contributed by atoms with E-state index in [0.717, 1.165) is 0 Å². The summed E-state index contributed by atoms with van der Waals surface area (Å²) in [5.41, 5.74) is 4.34. The Morgan fingerprint density at radius 1 is 0.971 bits per heavy atom. The van der Waals surface area contributed by atoms with Crippen LogP contribution in [0.25, 0.3) is 5.95 Å². The molecule has 4 rings (SSSR count). The minimum atomic E-state index is -5.08. The number of hydrogen-bond acceptors (Lipinski definition) is 7. The Hall–Kier alpha value is -4.94. The number of hydrogen-bond donors (Lipinski definition) is 3. The molecule has 2 aromatic heterocycles. The van der Waals surface area contributed by atoms with E-state index in [1.807, 2.05) is 48.5 Å². The fraction of sp³-hybridized carbons (Fsp3) is 0.0455. The number of carboxylic acids is 1.